The summed E-state index contributed by atoms with van der Waals surface area (Å²) in [6.45, 7) is 16.2. The van der Waals surface area contributed by atoms with Crippen molar-refractivity contribution >= 4 is 11.8 Å². The van der Waals surface area contributed by atoms with Gasteiger partial charge in [-0.2, -0.15) is 5.10 Å². The highest BCUT2D eigenvalue weighted by atomic mass is 16.2. The van der Waals surface area contributed by atoms with Crippen molar-refractivity contribution in [2.24, 2.45) is 5.92 Å². The molecule has 3 heterocycles. The number of aromatic nitrogens is 2. The van der Waals surface area contributed by atoms with Crippen molar-refractivity contribution < 1.29 is 9.59 Å². The third-order valence-corrected chi connectivity index (χ3v) is 8.98. The zero-order valence-corrected chi connectivity index (χ0v) is 23.7. The zero-order chi connectivity index (χ0) is 26.1. The van der Waals surface area contributed by atoms with Crippen LogP contribution in [0, 0.1) is 19.8 Å². The number of piperidine rings is 1. The molecule has 36 heavy (non-hydrogen) atoms. The second-order valence-corrected chi connectivity index (χ2v) is 12.6. The summed E-state index contributed by atoms with van der Waals surface area (Å²) < 4.78 is 2.13. The van der Waals surface area contributed by atoms with Crippen LogP contribution in [0.4, 0.5) is 0 Å². The maximum absolute atomic E-state index is 13.8. The third-order valence-electron chi connectivity index (χ3n) is 8.98. The van der Waals surface area contributed by atoms with Gasteiger partial charge in [-0.15, -0.1) is 0 Å². The van der Waals surface area contributed by atoms with E-state index in [2.05, 4.69) is 56.4 Å². The van der Waals surface area contributed by atoms with Gasteiger partial charge >= 0.3 is 0 Å². The number of aryl methyl sites for hydroxylation is 1. The first-order valence-corrected chi connectivity index (χ1v) is 14.5. The number of carbonyl (C=O) groups is 2. The van der Waals surface area contributed by atoms with Crippen molar-refractivity contribution in [2.45, 2.75) is 129 Å². The van der Waals surface area contributed by atoms with Crippen molar-refractivity contribution in [1.82, 2.24) is 24.9 Å². The molecule has 2 aliphatic heterocycles. The van der Waals surface area contributed by atoms with Crippen LogP contribution >= 0.6 is 0 Å². The first-order valence-electron chi connectivity index (χ1n) is 14.5. The van der Waals surface area contributed by atoms with Crippen LogP contribution < -0.4 is 5.32 Å². The Morgan fingerprint density at radius 1 is 1.06 bits per heavy atom. The molecule has 7 heteroatoms. The summed E-state index contributed by atoms with van der Waals surface area (Å²) in [5, 5.41) is 8.05. The van der Waals surface area contributed by atoms with Gasteiger partial charge in [0.05, 0.1) is 11.2 Å². The van der Waals surface area contributed by atoms with Crippen molar-refractivity contribution in [3.05, 3.63) is 17.0 Å². The smallest absolute Gasteiger partial charge is 0.246 e. The number of likely N-dealkylation sites (tertiary alicyclic amines) is 1. The fourth-order valence-corrected chi connectivity index (χ4v) is 6.79. The number of amides is 2. The van der Waals surface area contributed by atoms with Gasteiger partial charge < -0.3 is 10.2 Å². The van der Waals surface area contributed by atoms with Crippen LogP contribution in [-0.2, 0) is 21.7 Å². The number of nitrogens with zero attached hydrogens (tertiary/aromatic N) is 4. The van der Waals surface area contributed by atoms with E-state index in [1.165, 1.54) is 43.4 Å². The average Bonchev–Trinajstić information content (AvgIpc) is 3.13. The molecule has 202 valence electrons. The number of nitrogens with one attached hydrogen (secondary N) is 1. The van der Waals surface area contributed by atoms with Gasteiger partial charge in [0.15, 0.2) is 0 Å². The molecule has 3 fully saturated rings. The van der Waals surface area contributed by atoms with Gasteiger partial charge in [-0.25, -0.2) is 0 Å². The topological polar surface area (TPSA) is 70.5 Å². The van der Waals surface area contributed by atoms with Gasteiger partial charge in [0.2, 0.25) is 11.8 Å². The number of carbonyl (C=O) groups excluding carboxylic acids is 2. The summed E-state index contributed by atoms with van der Waals surface area (Å²) in [5.41, 5.74) is 2.86. The first kappa shape index (κ1) is 27.2. The molecule has 0 radical (unpaired) electrons. The van der Waals surface area contributed by atoms with Gasteiger partial charge in [0, 0.05) is 37.4 Å². The van der Waals surface area contributed by atoms with E-state index in [0.29, 0.717) is 25.3 Å². The molecule has 2 amide bonds. The number of piperazine rings is 1. The lowest BCUT2D eigenvalue weighted by Gasteiger charge is -2.52. The van der Waals surface area contributed by atoms with Crippen molar-refractivity contribution in [3.8, 4) is 0 Å². The zero-order valence-electron chi connectivity index (χ0n) is 23.7. The Kier molecular flexibility index (Phi) is 8.18. The molecule has 2 saturated heterocycles. The molecule has 3 aliphatic rings. The molecule has 0 bridgehead atoms. The van der Waals surface area contributed by atoms with Crippen molar-refractivity contribution in [3.63, 3.8) is 0 Å². The van der Waals surface area contributed by atoms with E-state index in [9.17, 15) is 9.59 Å². The Hall–Kier alpha value is -1.89. The lowest BCUT2D eigenvalue weighted by molar-refractivity contribution is -0.162. The SMILES string of the molecule is CCCCN1C(=O)[C@H](CC2CCCCC2)NC(=O)C12CCN(Cc1c(C)nn(C(C)(C)C)c1C)CC2. The highest BCUT2D eigenvalue weighted by Gasteiger charge is 2.53. The largest absolute Gasteiger partial charge is 0.342 e. The van der Waals surface area contributed by atoms with Gasteiger partial charge in [-0.05, 0) is 66.2 Å². The van der Waals surface area contributed by atoms with Gasteiger partial charge in [-0.3, -0.25) is 19.2 Å². The van der Waals surface area contributed by atoms with E-state index in [0.717, 1.165) is 44.6 Å². The Morgan fingerprint density at radius 3 is 2.31 bits per heavy atom. The molecule has 1 saturated carbocycles. The number of rotatable bonds is 7. The monoisotopic (exact) mass is 499 g/mol. The normalized spacial score (nSPS) is 23.9. The van der Waals surface area contributed by atoms with Crippen LogP contribution in [-0.4, -0.2) is 62.6 Å². The standard InChI is InChI=1S/C29H49N5O2/c1-7-8-16-33-26(35)25(19-23-12-10-9-11-13-23)30-27(36)29(33)14-17-32(18-15-29)20-24-21(2)31-34(22(24)3)28(4,5)6/h23,25H,7-20H2,1-6H3,(H,30,36)/t25-/m0/s1. The molecular weight excluding hydrogens is 450 g/mol. The summed E-state index contributed by atoms with van der Waals surface area (Å²) in [6.07, 6.45) is 10.4. The molecule has 1 aromatic rings. The van der Waals surface area contributed by atoms with E-state index in [-0.39, 0.29) is 23.4 Å². The lowest BCUT2D eigenvalue weighted by Crippen LogP contribution is -2.73. The van der Waals surface area contributed by atoms with E-state index in [4.69, 9.17) is 5.10 Å². The molecule has 1 aromatic heterocycles. The van der Waals surface area contributed by atoms with E-state index in [1.54, 1.807) is 0 Å². The molecule has 1 N–H and O–H groups in total. The van der Waals surface area contributed by atoms with Crippen LogP contribution in [0.1, 0.15) is 109 Å². The molecule has 4 rings (SSSR count). The second kappa shape index (κ2) is 10.8. The van der Waals surface area contributed by atoms with Crippen LogP contribution in [0.25, 0.3) is 0 Å². The first-order chi connectivity index (χ1) is 17.1. The van der Waals surface area contributed by atoms with E-state index < -0.39 is 5.54 Å². The van der Waals surface area contributed by atoms with Crippen LogP contribution in [0.2, 0.25) is 0 Å². The highest BCUT2D eigenvalue weighted by Crippen LogP contribution is 2.36. The Balaban J connectivity index is 1.46. The molecule has 1 atom stereocenters. The minimum absolute atomic E-state index is 0.0481. The molecule has 1 aliphatic carbocycles. The minimum atomic E-state index is -0.689. The van der Waals surface area contributed by atoms with Crippen molar-refractivity contribution in [2.75, 3.05) is 19.6 Å². The molecule has 7 nitrogen and oxygen atoms in total. The fraction of sp³-hybridized carbons (Fsp3) is 0.828. The summed E-state index contributed by atoms with van der Waals surface area (Å²) in [4.78, 5) is 31.9. The Morgan fingerprint density at radius 2 is 1.72 bits per heavy atom. The predicted molar refractivity (Wildman–Crippen MR) is 144 cm³/mol. The third kappa shape index (κ3) is 5.36. The maximum Gasteiger partial charge on any atom is 0.246 e. The van der Waals surface area contributed by atoms with Gasteiger partial charge in [0.25, 0.3) is 0 Å². The summed E-state index contributed by atoms with van der Waals surface area (Å²) in [6, 6.07) is -0.338. The van der Waals surface area contributed by atoms with E-state index in [1.807, 2.05) is 4.90 Å². The van der Waals surface area contributed by atoms with Gasteiger partial charge in [0.1, 0.15) is 11.6 Å². The van der Waals surface area contributed by atoms with Crippen molar-refractivity contribution in [1.29, 1.82) is 0 Å². The predicted octanol–water partition coefficient (Wildman–Crippen LogP) is 4.69. The number of hydrogen-bond donors (Lipinski definition) is 1. The summed E-state index contributed by atoms with van der Waals surface area (Å²) in [5.74, 6) is 0.823. The van der Waals surface area contributed by atoms with Crippen LogP contribution in [0.3, 0.4) is 0 Å². The fourth-order valence-electron chi connectivity index (χ4n) is 6.79. The number of hydrogen-bond acceptors (Lipinski definition) is 4. The van der Waals surface area contributed by atoms with Crippen LogP contribution in [0.15, 0.2) is 0 Å². The maximum atomic E-state index is 13.8. The van der Waals surface area contributed by atoms with E-state index >= 15 is 0 Å². The second-order valence-electron chi connectivity index (χ2n) is 12.6. The Bertz CT molecular complexity index is 932. The quantitative estimate of drug-likeness (QED) is 0.591. The minimum Gasteiger partial charge on any atom is -0.342 e. The molecule has 0 aromatic carbocycles. The number of unbranched alkanes of at least 4 members (excludes halogenated alkanes) is 1. The molecular formula is C29H49N5O2. The van der Waals surface area contributed by atoms with Gasteiger partial charge in [-0.1, -0.05) is 45.4 Å². The highest BCUT2D eigenvalue weighted by molar-refractivity contribution is 6.00. The Labute approximate surface area is 218 Å². The lowest BCUT2D eigenvalue weighted by atomic mass is 9.79. The summed E-state index contributed by atoms with van der Waals surface area (Å²) >= 11 is 0. The molecule has 0 unspecified atom stereocenters. The average molecular weight is 500 g/mol. The summed E-state index contributed by atoms with van der Waals surface area (Å²) in [7, 11) is 0. The van der Waals surface area contributed by atoms with Crippen LogP contribution in [0.5, 0.6) is 0 Å². The molecule has 1 spiro atoms.